The lowest BCUT2D eigenvalue weighted by molar-refractivity contribution is 0.347. The summed E-state index contributed by atoms with van der Waals surface area (Å²) in [7, 11) is -3.58. The Bertz CT molecular complexity index is 504. The molecule has 18 heavy (non-hydrogen) atoms. The van der Waals surface area contributed by atoms with Gasteiger partial charge in [0.2, 0.25) is 5.17 Å². The van der Waals surface area contributed by atoms with E-state index in [1.54, 1.807) is 24.7 Å². The molecule has 100 valence electrons. The van der Waals surface area contributed by atoms with E-state index >= 15 is 0 Å². The number of thioether (sulfide) groups is 1. The zero-order chi connectivity index (χ0) is 13.0. The van der Waals surface area contributed by atoms with Crippen molar-refractivity contribution in [2.24, 2.45) is 4.40 Å². The van der Waals surface area contributed by atoms with Crippen molar-refractivity contribution in [2.45, 2.75) is 19.3 Å². The molecule has 0 radical (unpaired) electrons. The highest BCUT2D eigenvalue weighted by atomic mass is 32.2. The van der Waals surface area contributed by atoms with E-state index in [-0.39, 0.29) is 0 Å². The lowest BCUT2D eigenvalue weighted by Crippen LogP contribution is -2.35. The summed E-state index contributed by atoms with van der Waals surface area (Å²) in [6.07, 6.45) is 7.97. The van der Waals surface area contributed by atoms with Crippen molar-refractivity contribution in [3.63, 3.8) is 0 Å². The second-order valence-corrected chi connectivity index (χ2v) is 6.33. The number of aromatic nitrogens is 2. The molecular weight excluding hydrogens is 272 g/mol. The molecule has 0 N–H and O–H groups in total. The summed E-state index contributed by atoms with van der Waals surface area (Å²) in [5.74, 6) is 0. The fourth-order valence-electron chi connectivity index (χ4n) is 1.81. The average Bonchev–Trinajstić information content (AvgIpc) is 2.91. The molecule has 1 saturated heterocycles. The van der Waals surface area contributed by atoms with Gasteiger partial charge in [0.15, 0.2) is 0 Å². The first kappa shape index (κ1) is 13.6. The van der Waals surface area contributed by atoms with E-state index in [9.17, 15) is 8.42 Å². The van der Waals surface area contributed by atoms with Gasteiger partial charge in [-0.05, 0) is 25.2 Å². The predicted molar refractivity (Wildman–Crippen MR) is 72.9 cm³/mol. The highest BCUT2D eigenvalue weighted by Crippen LogP contribution is 2.15. The monoisotopic (exact) mass is 288 g/mol. The molecule has 1 aromatic rings. The molecule has 0 spiro atoms. The van der Waals surface area contributed by atoms with Crippen LogP contribution in [-0.2, 0) is 10.2 Å². The summed E-state index contributed by atoms with van der Waals surface area (Å²) >= 11 is 1.26. The minimum Gasteiger partial charge on any atom is -0.216 e. The summed E-state index contributed by atoms with van der Waals surface area (Å²) in [6.45, 7) is 1.12. The van der Waals surface area contributed by atoms with Gasteiger partial charge < -0.3 is 0 Å². The van der Waals surface area contributed by atoms with Crippen LogP contribution in [0, 0.1) is 0 Å². The van der Waals surface area contributed by atoms with Crippen molar-refractivity contribution in [3.05, 3.63) is 18.5 Å². The quantitative estimate of drug-likeness (QED) is 0.605. The fraction of sp³-hybridized carbons (Fsp3) is 0.600. The molecule has 0 amide bonds. The van der Waals surface area contributed by atoms with Gasteiger partial charge in [-0.25, -0.2) is 4.68 Å². The van der Waals surface area contributed by atoms with Gasteiger partial charge in [0.25, 0.3) is 0 Å². The number of piperidine rings is 1. The van der Waals surface area contributed by atoms with Crippen molar-refractivity contribution in [3.8, 4) is 0 Å². The normalized spacial score (nSPS) is 19.1. The van der Waals surface area contributed by atoms with Crippen LogP contribution in [0.5, 0.6) is 0 Å². The second-order valence-electron chi connectivity index (χ2n) is 3.97. The lowest BCUT2D eigenvalue weighted by atomic mass is 10.2. The standard InChI is InChI=1S/C10H16N4O2S2/c1-17-10(14-9-5-6-11-14)12-18(15,16)13-7-3-2-4-8-13/h5-6,9H,2-4,7-8H2,1H3. The second kappa shape index (κ2) is 5.85. The lowest BCUT2D eigenvalue weighted by Gasteiger charge is -2.23. The van der Waals surface area contributed by atoms with Crippen molar-refractivity contribution in [1.29, 1.82) is 0 Å². The van der Waals surface area contributed by atoms with E-state index in [0.29, 0.717) is 18.3 Å². The summed E-state index contributed by atoms with van der Waals surface area (Å²) < 4.78 is 31.0. The van der Waals surface area contributed by atoms with Crippen molar-refractivity contribution < 1.29 is 8.42 Å². The van der Waals surface area contributed by atoms with E-state index in [2.05, 4.69) is 9.50 Å². The maximum atomic E-state index is 12.1. The fourth-order valence-corrected chi connectivity index (χ4v) is 3.80. The summed E-state index contributed by atoms with van der Waals surface area (Å²) in [5.41, 5.74) is 0. The average molecular weight is 288 g/mol. The van der Waals surface area contributed by atoms with Crippen molar-refractivity contribution in [2.75, 3.05) is 19.3 Å². The predicted octanol–water partition coefficient (Wildman–Crippen LogP) is 1.18. The smallest absolute Gasteiger partial charge is 0.216 e. The van der Waals surface area contributed by atoms with Crippen LogP contribution < -0.4 is 0 Å². The minimum absolute atomic E-state index is 0.366. The molecular formula is C10H16N4O2S2. The van der Waals surface area contributed by atoms with E-state index < -0.39 is 10.2 Å². The highest BCUT2D eigenvalue weighted by molar-refractivity contribution is 8.13. The Hall–Kier alpha value is -0.860. The molecule has 8 heteroatoms. The van der Waals surface area contributed by atoms with Crippen LogP contribution in [0.2, 0.25) is 0 Å². The van der Waals surface area contributed by atoms with Gasteiger partial charge in [-0.1, -0.05) is 18.2 Å². The highest BCUT2D eigenvalue weighted by Gasteiger charge is 2.24. The number of hydrogen-bond donors (Lipinski definition) is 0. The number of hydrogen-bond acceptors (Lipinski definition) is 4. The van der Waals surface area contributed by atoms with Crippen LogP contribution in [0.15, 0.2) is 22.9 Å². The topological polar surface area (TPSA) is 67.6 Å². The molecule has 0 aliphatic carbocycles. The molecule has 0 saturated carbocycles. The molecule has 2 heterocycles. The Kier molecular flexibility index (Phi) is 4.41. The van der Waals surface area contributed by atoms with Crippen LogP contribution in [-0.4, -0.2) is 47.0 Å². The van der Waals surface area contributed by atoms with Gasteiger partial charge in [-0.2, -0.15) is 17.8 Å². The molecule has 0 aromatic carbocycles. The molecule has 1 aliphatic rings. The first-order chi connectivity index (χ1) is 8.63. The molecule has 1 aromatic heterocycles. The van der Waals surface area contributed by atoms with E-state index in [1.807, 2.05) is 0 Å². The van der Waals surface area contributed by atoms with Crippen LogP contribution in [0.4, 0.5) is 0 Å². The van der Waals surface area contributed by atoms with Crippen molar-refractivity contribution >= 4 is 27.1 Å². The first-order valence-electron chi connectivity index (χ1n) is 5.77. The zero-order valence-corrected chi connectivity index (χ0v) is 11.8. The van der Waals surface area contributed by atoms with Crippen LogP contribution >= 0.6 is 11.8 Å². The Morgan fingerprint density at radius 2 is 2.06 bits per heavy atom. The van der Waals surface area contributed by atoms with Crippen LogP contribution in [0.25, 0.3) is 0 Å². The third-order valence-corrected chi connectivity index (χ3v) is 4.90. The molecule has 1 aliphatic heterocycles. The maximum absolute atomic E-state index is 12.1. The largest absolute Gasteiger partial charge is 0.324 e. The van der Waals surface area contributed by atoms with Gasteiger partial charge in [0.05, 0.1) is 0 Å². The van der Waals surface area contributed by atoms with Crippen LogP contribution in [0.3, 0.4) is 0 Å². The Labute approximate surface area is 111 Å². The van der Waals surface area contributed by atoms with E-state index in [0.717, 1.165) is 19.3 Å². The van der Waals surface area contributed by atoms with Gasteiger partial charge in [-0.3, -0.25) is 0 Å². The molecule has 0 bridgehead atoms. The first-order valence-corrected chi connectivity index (χ1v) is 8.40. The number of nitrogens with zero attached hydrogens (tertiary/aromatic N) is 4. The van der Waals surface area contributed by atoms with E-state index in [1.165, 1.54) is 20.7 Å². The SMILES string of the molecule is CSC(=NS(=O)(=O)N1CCCCC1)n1cccn1. The van der Waals surface area contributed by atoms with E-state index in [4.69, 9.17) is 0 Å². The molecule has 2 rings (SSSR count). The van der Waals surface area contributed by atoms with Crippen LogP contribution in [0.1, 0.15) is 19.3 Å². The van der Waals surface area contributed by atoms with Crippen molar-refractivity contribution in [1.82, 2.24) is 14.1 Å². The van der Waals surface area contributed by atoms with Gasteiger partial charge in [0, 0.05) is 25.5 Å². The minimum atomic E-state index is -3.58. The summed E-state index contributed by atoms with van der Waals surface area (Å²) in [4.78, 5) is 0. The molecule has 1 fully saturated rings. The number of rotatable bonds is 2. The maximum Gasteiger partial charge on any atom is 0.324 e. The Balaban J connectivity index is 2.23. The van der Waals surface area contributed by atoms with Gasteiger partial charge in [0.1, 0.15) is 0 Å². The third-order valence-electron chi connectivity index (χ3n) is 2.72. The molecule has 6 nitrogen and oxygen atoms in total. The Morgan fingerprint density at radius 1 is 1.33 bits per heavy atom. The van der Waals surface area contributed by atoms with Gasteiger partial charge >= 0.3 is 10.2 Å². The molecule has 0 atom stereocenters. The Morgan fingerprint density at radius 3 is 2.61 bits per heavy atom. The summed E-state index contributed by atoms with van der Waals surface area (Å²) in [5, 5.41) is 4.37. The summed E-state index contributed by atoms with van der Waals surface area (Å²) in [6, 6.07) is 1.74. The zero-order valence-electron chi connectivity index (χ0n) is 10.2. The van der Waals surface area contributed by atoms with Gasteiger partial charge in [-0.15, -0.1) is 4.40 Å². The third kappa shape index (κ3) is 3.12. The molecule has 0 unspecified atom stereocenters.